The number of para-hydroxylation sites is 1. The smallest absolute Gasteiger partial charge is 0.319 e. The van der Waals surface area contributed by atoms with Crippen LogP contribution in [0.3, 0.4) is 0 Å². The fourth-order valence-corrected chi connectivity index (χ4v) is 3.09. The standard InChI is InChI=1S/C20H24FN3O3/c1-26-16-8-6-15(7-9-16)19(24-10-12-27-13-11-24)14-22-20(25)23-18-5-3-2-4-17(18)21/h2-9,19H,10-14H2,1H3,(H2,22,23,25)/t19-/m1/s1. The van der Waals surface area contributed by atoms with E-state index < -0.39 is 11.8 Å². The molecule has 1 aliphatic heterocycles. The molecule has 0 radical (unpaired) electrons. The number of nitrogens with zero attached hydrogens (tertiary/aromatic N) is 1. The van der Waals surface area contributed by atoms with Gasteiger partial charge in [0, 0.05) is 19.6 Å². The highest BCUT2D eigenvalue weighted by molar-refractivity contribution is 5.89. The van der Waals surface area contributed by atoms with E-state index in [1.807, 2.05) is 24.3 Å². The van der Waals surface area contributed by atoms with Crippen LogP contribution < -0.4 is 15.4 Å². The molecule has 2 N–H and O–H groups in total. The zero-order chi connectivity index (χ0) is 19.1. The van der Waals surface area contributed by atoms with Crippen LogP contribution in [0, 0.1) is 5.82 Å². The van der Waals surface area contributed by atoms with Crippen LogP contribution in [-0.4, -0.2) is 50.9 Å². The zero-order valence-corrected chi connectivity index (χ0v) is 15.3. The molecule has 0 aromatic heterocycles. The summed E-state index contributed by atoms with van der Waals surface area (Å²) in [5.41, 5.74) is 1.23. The van der Waals surface area contributed by atoms with Crippen LogP contribution in [0.4, 0.5) is 14.9 Å². The number of benzene rings is 2. The topological polar surface area (TPSA) is 62.8 Å². The minimum absolute atomic E-state index is 0.00817. The van der Waals surface area contributed by atoms with Gasteiger partial charge >= 0.3 is 6.03 Å². The van der Waals surface area contributed by atoms with Crippen LogP contribution in [0.5, 0.6) is 5.75 Å². The van der Waals surface area contributed by atoms with Crippen molar-refractivity contribution in [2.45, 2.75) is 6.04 Å². The number of ether oxygens (including phenoxy) is 2. The number of hydrogen-bond acceptors (Lipinski definition) is 4. The van der Waals surface area contributed by atoms with Gasteiger partial charge in [-0.2, -0.15) is 0 Å². The lowest BCUT2D eigenvalue weighted by Gasteiger charge is -2.35. The molecule has 2 aromatic carbocycles. The summed E-state index contributed by atoms with van der Waals surface area (Å²) >= 11 is 0. The van der Waals surface area contributed by atoms with Crippen molar-refractivity contribution in [2.24, 2.45) is 0 Å². The molecule has 2 amide bonds. The lowest BCUT2D eigenvalue weighted by atomic mass is 10.0. The van der Waals surface area contributed by atoms with Crippen molar-refractivity contribution >= 4 is 11.7 Å². The molecule has 7 heteroatoms. The van der Waals surface area contributed by atoms with Crippen LogP contribution in [0.25, 0.3) is 0 Å². The number of nitrogens with one attached hydrogen (secondary N) is 2. The lowest BCUT2D eigenvalue weighted by Crippen LogP contribution is -2.44. The van der Waals surface area contributed by atoms with E-state index in [0.29, 0.717) is 19.8 Å². The summed E-state index contributed by atoms with van der Waals surface area (Å²) in [6.07, 6.45) is 0. The molecule has 0 spiro atoms. The average molecular weight is 373 g/mol. The van der Waals surface area contributed by atoms with Gasteiger partial charge in [-0.25, -0.2) is 9.18 Å². The predicted molar refractivity (Wildman–Crippen MR) is 102 cm³/mol. The van der Waals surface area contributed by atoms with Crippen molar-refractivity contribution in [1.29, 1.82) is 0 Å². The molecule has 0 aliphatic carbocycles. The molecule has 6 nitrogen and oxygen atoms in total. The van der Waals surface area contributed by atoms with E-state index in [4.69, 9.17) is 9.47 Å². The molecule has 3 rings (SSSR count). The second-order valence-electron chi connectivity index (χ2n) is 6.25. The van der Waals surface area contributed by atoms with E-state index >= 15 is 0 Å². The van der Waals surface area contributed by atoms with E-state index in [2.05, 4.69) is 15.5 Å². The second kappa shape index (κ2) is 9.34. The Bertz CT molecular complexity index is 748. The number of methoxy groups -OCH3 is 1. The number of urea groups is 1. The third-order valence-corrected chi connectivity index (χ3v) is 4.57. The first-order valence-corrected chi connectivity index (χ1v) is 8.92. The quantitative estimate of drug-likeness (QED) is 0.817. The van der Waals surface area contributed by atoms with Crippen molar-refractivity contribution in [1.82, 2.24) is 10.2 Å². The predicted octanol–water partition coefficient (Wildman–Crippen LogP) is 3.03. The van der Waals surface area contributed by atoms with Crippen LogP contribution in [-0.2, 0) is 4.74 Å². The van der Waals surface area contributed by atoms with Crippen LogP contribution in [0.2, 0.25) is 0 Å². The van der Waals surface area contributed by atoms with Gasteiger partial charge in [0.25, 0.3) is 0 Å². The number of carbonyl (C=O) groups excluding carboxylic acids is 1. The summed E-state index contributed by atoms with van der Waals surface area (Å²) in [7, 11) is 1.63. The van der Waals surface area contributed by atoms with Crippen molar-refractivity contribution in [3.05, 3.63) is 59.9 Å². The number of carbonyl (C=O) groups is 1. The van der Waals surface area contributed by atoms with E-state index in [-0.39, 0.29) is 11.7 Å². The monoisotopic (exact) mass is 373 g/mol. The summed E-state index contributed by atoms with van der Waals surface area (Å²) in [4.78, 5) is 14.5. The number of morpholine rings is 1. The molecule has 0 bridgehead atoms. The Hall–Kier alpha value is -2.64. The van der Waals surface area contributed by atoms with Crippen LogP contribution in [0.1, 0.15) is 11.6 Å². The third kappa shape index (κ3) is 5.18. The van der Waals surface area contributed by atoms with E-state index in [9.17, 15) is 9.18 Å². The van der Waals surface area contributed by atoms with Gasteiger partial charge in [0.05, 0.1) is 32.1 Å². The second-order valence-corrected chi connectivity index (χ2v) is 6.25. The van der Waals surface area contributed by atoms with Gasteiger partial charge in [0.15, 0.2) is 0 Å². The first-order valence-electron chi connectivity index (χ1n) is 8.92. The minimum Gasteiger partial charge on any atom is -0.497 e. The molecule has 1 aliphatic rings. The fourth-order valence-electron chi connectivity index (χ4n) is 3.09. The summed E-state index contributed by atoms with van der Waals surface area (Å²) < 4.78 is 24.4. The van der Waals surface area contributed by atoms with Gasteiger partial charge in [-0.3, -0.25) is 4.90 Å². The Morgan fingerprint density at radius 1 is 1.19 bits per heavy atom. The SMILES string of the molecule is COc1ccc([C@@H](CNC(=O)Nc2ccccc2F)N2CCOCC2)cc1. The number of anilines is 1. The van der Waals surface area contributed by atoms with Gasteiger partial charge in [-0.1, -0.05) is 24.3 Å². The molecule has 0 unspecified atom stereocenters. The molecule has 1 saturated heterocycles. The Morgan fingerprint density at radius 3 is 2.56 bits per heavy atom. The minimum atomic E-state index is -0.465. The molecule has 2 aromatic rings. The van der Waals surface area contributed by atoms with Gasteiger partial charge in [-0.05, 0) is 29.8 Å². The summed E-state index contributed by atoms with van der Waals surface area (Å²) in [6.45, 7) is 3.29. The van der Waals surface area contributed by atoms with Crippen LogP contribution >= 0.6 is 0 Å². The Morgan fingerprint density at radius 2 is 1.89 bits per heavy atom. The number of amides is 2. The molecule has 1 fully saturated rings. The summed E-state index contributed by atoms with van der Waals surface area (Å²) in [6, 6.07) is 13.4. The van der Waals surface area contributed by atoms with E-state index in [1.54, 1.807) is 19.2 Å². The van der Waals surface area contributed by atoms with Gasteiger partial charge in [0.2, 0.25) is 0 Å². The highest BCUT2D eigenvalue weighted by atomic mass is 19.1. The average Bonchev–Trinajstić information content (AvgIpc) is 2.71. The summed E-state index contributed by atoms with van der Waals surface area (Å²) in [5.74, 6) is 0.317. The Kier molecular flexibility index (Phi) is 6.62. The van der Waals surface area contributed by atoms with Crippen molar-refractivity contribution in [3.8, 4) is 5.75 Å². The Balaban J connectivity index is 1.67. The molecular formula is C20H24FN3O3. The first-order chi connectivity index (χ1) is 13.2. The molecule has 1 heterocycles. The normalized spacial score (nSPS) is 15.8. The van der Waals surface area contributed by atoms with Crippen molar-refractivity contribution in [3.63, 3.8) is 0 Å². The first kappa shape index (κ1) is 19.1. The largest absolute Gasteiger partial charge is 0.497 e. The van der Waals surface area contributed by atoms with Crippen LogP contribution in [0.15, 0.2) is 48.5 Å². The van der Waals surface area contributed by atoms with Crippen molar-refractivity contribution < 1.29 is 18.7 Å². The molecule has 0 saturated carbocycles. The molecule has 1 atom stereocenters. The maximum atomic E-state index is 13.7. The fraction of sp³-hybridized carbons (Fsp3) is 0.350. The molecule has 144 valence electrons. The maximum absolute atomic E-state index is 13.7. The molecular weight excluding hydrogens is 349 g/mol. The summed E-state index contributed by atoms with van der Waals surface area (Å²) in [5, 5.41) is 5.40. The van der Waals surface area contributed by atoms with Crippen molar-refractivity contribution in [2.75, 3.05) is 45.3 Å². The number of halogens is 1. The van der Waals surface area contributed by atoms with E-state index in [1.165, 1.54) is 12.1 Å². The highest BCUT2D eigenvalue weighted by Gasteiger charge is 2.23. The number of rotatable bonds is 6. The van der Waals surface area contributed by atoms with Gasteiger partial charge in [0.1, 0.15) is 11.6 Å². The number of hydrogen-bond donors (Lipinski definition) is 2. The third-order valence-electron chi connectivity index (χ3n) is 4.57. The maximum Gasteiger partial charge on any atom is 0.319 e. The lowest BCUT2D eigenvalue weighted by molar-refractivity contribution is 0.0167. The highest BCUT2D eigenvalue weighted by Crippen LogP contribution is 2.23. The van der Waals surface area contributed by atoms with Gasteiger partial charge < -0.3 is 20.1 Å². The Labute approximate surface area is 158 Å². The molecule has 27 heavy (non-hydrogen) atoms. The zero-order valence-electron chi connectivity index (χ0n) is 15.3. The van der Waals surface area contributed by atoms with E-state index in [0.717, 1.165) is 24.4 Å². The van der Waals surface area contributed by atoms with Gasteiger partial charge in [-0.15, -0.1) is 0 Å².